The number of carbonyl (C=O) groups excluding carboxylic acids is 2. The third-order valence-corrected chi connectivity index (χ3v) is 7.29. The van der Waals surface area contributed by atoms with E-state index in [0.29, 0.717) is 30.9 Å². The summed E-state index contributed by atoms with van der Waals surface area (Å²) in [5.74, 6) is -0.0524. The van der Waals surface area contributed by atoms with E-state index in [9.17, 15) is 9.59 Å². The van der Waals surface area contributed by atoms with Gasteiger partial charge in [0, 0.05) is 28.6 Å². The minimum atomic E-state index is -0.174. The van der Waals surface area contributed by atoms with Gasteiger partial charge in [-0.25, -0.2) is 4.79 Å². The molecule has 3 amide bonds. The number of hydrogen-bond donors (Lipinski definition) is 1. The topological polar surface area (TPSA) is 52.7 Å². The molecule has 5 rings (SSSR count). The van der Waals surface area contributed by atoms with Gasteiger partial charge in [-0.05, 0) is 48.4 Å². The van der Waals surface area contributed by atoms with E-state index < -0.39 is 0 Å². The van der Waals surface area contributed by atoms with E-state index in [-0.39, 0.29) is 11.9 Å². The Morgan fingerprint density at radius 2 is 1.50 bits per heavy atom. The molecule has 1 heterocycles. The molecule has 0 unspecified atom stereocenters. The first kappa shape index (κ1) is 23.7. The molecule has 0 aromatic heterocycles. The first-order valence-corrected chi connectivity index (χ1v) is 12.8. The monoisotopic (exact) mass is 493 g/mol. The summed E-state index contributed by atoms with van der Waals surface area (Å²) in [4.78, 5) is 32.3. The van der Waals surface area contributed by atoms with Crippen LogP contribution in [0.15, 0.2) is 113 Å². The molecule has 1 aliphatic heterocycles. The van der Waals surface area contributed by atoms with Crippen LogP contribution in [0.4, 0.5) is 16.2 Å². The van der Waals surface area contributed by atoms with Gasteiger partial charge in [0.15, 0.2) is 0 Å². The van der Waals surface area contributed by atoms with E-state index in [1.54, 1.807) is 21.6 Å². The fourth-order valence-corrected chi connectivity index (χ4v) is 5.31. The summed E-state index contributed by atoms with van der Waals surface area (Å²) < 4.78 is 0. The summed E-state index contributed by atoms with van der Waals surface area (Å²) in [7, 11) is 0. The van der Waals surface area contributed by atoms with Crippen molar-refractivity contribution in [2.24, 2.45) is 0 Å². The molecule has 5 nitrogen and oxygen atoms in total. The van der Waals surface area contributed by atoms with Crippen LogP contribution in [0.1, 0.15) is 28.4 Å². The summed E-state index contributed by atoms with van der Waals surface area (Å²) >= 11 is 1.58. The summed E-state index contributed by atoms with van der Waals surface area (Å²) in [6.45, 7) is 3.51. The summed E-state index contributed by atoms with van der Waals surface area (Å²) in [5, 5.41) is 3.04. The van der Waals surface area contributed by atoms with Gasteiger partial charge in [0.25, 0.3) is 5.91 Å². The Morgan fingerprint density at radius 3 is 2.22 bits per heavy atom. The third-order valence-electron chi connectivity index (χ3n) is 6.15. The second kappa shape index (κ2) is 10.7. The molecule has 0 saturated heterocycles. The maximum Gasteiger partial charge on any atom is 0.322 e. The SMILES string of the molecule is CCN(Cc1ccccc1)C(=O)Nc1ccc2c(c1)N(Cc1ccccc1)C(=O)c1ccccc1S2. The Balaban J connectivity index is 1.45. The Morgan fingerprint density at radius 1 is 0.833 bits per heavy atom. The zero-order chi connectivity index (χ0) is 24.9. The molecule has 0 atom stereocenters. The highest BCUT2D eigenvalue weighted by Gasteiger charge is 2.28. The lowest BCUT2D eigenvalue weighted by molar-refractivity contribution is 0.0982. The second-order valence-corrected chi connectivity index (χ2v) is 9.67. The summed E-state index contributed by atoms with van der Waals surface area (Å²) in [6.07, 6.45) is 0. The summed E-state index contributed by atoms with van der Waals surface area (Å²) in [6, 6.07) is 33.2. The number of nitrogens with one attached hydrogen (secondary N) is 1. The van der Waals surface area contributed by atoms with Crippen molar-refractivity contribution >= 4 is 35.1 Å². The van der Waals surface area contributed by atoms with Crippen molar-refractivity contribution in [3.63, 3.8) is 0 Å². The van der Waals surface area contributed by atoms with Crippen LogP contribution in [0.3, 0.4) is 0 Å². The molecular formula is C30H27N3O2S. The number of urea groups is 1. The van der Waals surface area contributed by atoms with Crippen LogP contribution in [0.2, 0.25) is 0 Å². The van der Waals surface area contributed by atoms with Crippen LogP contribution in [-0.4, -0.2) is 23.4 Å². The smallest absolute Gasteiger partial charge is 0.320 e. The van der Waals surface area contributed by atoms with Crippen molar-refractivity contribution in [1.29, 1.82) is 0 Å². The van der Waals surface area contributed by atoms with Crippen LogP contribution >= 0.6 is 11.8 Å². The van der Waals surface area contributed by atoms with Gasteiger partial charge < -0.3 is 15.1 Å². The lowest BCUT2D eigenvalue weighted by Crippen LogP contribution is -2.34. The number of nitrogens with zero attached hydrogens (tertiary/aromatic N) is 2. The Labute approximate surface area is 215 Å². The van der Waals surface area contributed by atoms with Crippen molar-refractivity contribution in [3.05, 3.63) is 120 Å². The van der Waals surface area contributed by atoms with Gasteiger partial charge >= 0.3 is 6.03 Å². The number of hydrogen-bond acceptors (Lipinski definition) is 3. The predicted molar refractivity (Wildman–Crippen MR) is 146 cm³/mol. The van der Waals surface area contributed by atoms with Gasteiger partial charge in [-0.2, -0.15) is 0 Å². The number of benzene rings is 4. The zero-order valence-corrected chi connectivity index (χ0v) is 20.9. The molecule has 36 heavy (non-hydrogen) atoms. The van der Waals surface area contributed by atoms with Gasteiger partial charge in [-0.3, -0.25) is 4.79 Å². The maximum atomic E-state index is 13.7. The van der Waals surface area contributed by atoms with Gasteiger partial charge in [-0.15, -0.1) is 0 Å². The van der Waals surface area contributed by atoms with Crippen LogP contribution in [-0.2, 0) is 13.1 Å². The highest BCUT2D eigenvalue weighted by Crippen LogP contribution is 2.43. The van der Waals surface area contributed by atoms with Gasteiger partial charge in [0.05, 0.1) is 17.8 Å². The first-order valence-electron chi connectivity index (χ1n) is 12.0. The van der Waals surface area contributed by atoms with Crippen molar-refractivity contribution in [2.75, 3.05) is 16.8 Å². The number of carbonyl (C=O) groups is 2. The average molecular weight is 494 g/mol. The van der Waals surface area contributed by atoms with Crippen molar-refractivity contribution in [2.45, 2.75) is 29.8 Å². The normalized spacial score (nSPS) is 12.4. The summed E-state index contributed by atoms with van der Waals surface area (Å²) in [5.41, 5.74) is 4.23. The second-order valence-electron chi connectivity index (χ2n) is 8.59. The fraction of sp³-hybridized carbons (Fsp3) is 0.133. The molecule has 4 aromatic carbocycles. The Bertz CT molecular complexity index is 1380. The van der Waals surface area contributed by atoms with Crippen LogP contribution in [0.25, 0.3) is 0 Å². The molecule has 0 saturated carbocycles. The molecule has 1 N–H and O–H groups in total. The van der Waals surface area contributed by atoms with Crippen molar-refractivity contribution in [1.82, 2.24) is 4.90 Å². The average Bonchev–Trinajstić information content (AvgIpc) is 3.03. The van der Waals surface area contributed by atoms with E-state index >= 15 is 0 Å². The van der Waals surface area contributed by atoms with Gasteiger partial charge in [0.2, 0.25) is 0 Å². The molecule has 0 bridgehead atoms. The molecule has 0 aliphatic carbocycles. The van der Waals surface area contributed by atoms with E-state index in [1.165, 1.54) is 0 Å². The first-order chi connectivity index (χ1) is 17.6. The van der Waals surface area contributed by atoms with Crippen molar-refractivity contribution < 1.29 is 9.59 Å². The van der Waals surface area contributed by atoms with Gasteiger partial charge in [-0.1, -0.05) is 84.6 Å². The fourth-order valence-electron chi connectivity index (χ4n) is 4.25. The predicted octanol–water partition coefficient (Wildman–Crippen LogP) is 7.05. The minimum absolute atomic E-state index is 0.0524. The Kier molecular flexibility index (Phi) is 7.05. The molecule has 1 aliphatic rings. The zero-order valence-electron chi connectivity index (χ0n) is 20.1. The van der Waals surface area contributed by atoms with E-state index in [0.717, 1.165) is 26.6 Å². The third kappa shape index (κ3) is 5.14. The molecule has 6 heteroatoms. The standard InChI is InChI=1S/C30H27N3O2S/c1-2-32(20-22-11-5-3-6-12-22)30(35)31-24-17-18-28-26(19-24)33(21-23-13-7-4-8-14-23)29(34)25-15-9-10-16-27(25)36-28/h3-19H,2,20-21H2,1H3,(H,31,35). The lowest BCUT2D eigenvalue weighted by atomic mass is 10.1. The highest BCUT2D eigenvalue weighted by atomic mass is 32.2. The lowest BCUT2D eigenvalue weighted by Gasteiger charge is -2.25. The van der Waals surface area contributed by atoms with Gasteiger partial charge in [0.1, 0.15) is 0 Å². The van der Waals surface area contributed by atoms with E-state index in [4.69, 9.17) is 0 Å². The molecule has 0 spiro atoms. The van der Waals surface area contributed by atoms with Crippen molar-refractivity contribution in [3.8, 4) is 0 Å². The molecule has 0 radical (unpaired) electrons. The van der Waals surface area contributed by atoms with Crippen LogP contribution < -0.4 is 10.2 Å². The van der Waals surface area contributed by atoms with E-state index in [2.05, 4.69) is 5.32 Å². The highest BCUT2D eigenvalue weighted by molar-refractivity contribution is 7.99. The van der Waals surface area contributed by atoms with Crippen LogP contribution in [0.5, 0.6) is 0 Å². The van der Waals surface area contributed by atoms with E-state index in [1.807, 2.05) is 110 Å². The molecule has 4 aromatic rings. The molecule has 0 fully saturated rings. The Hall–Kier alpha value is -4.03. The number of fused-ring (bicyclic) bond motifs is 2. The maximum absolute atomic E-state index is 13.7. The molecule has 180 valence electrons. The molecular weight excluding hydrogens is 466 g/mol. The number of rotatable bonds is 6. The minimum Gasteiger partial charge on any atom is -0.320 e. The largest absolute Gasteiger partial charge is 0.322 e. The van der Waals surface area contributed by atoms with Crippen LogP contribution in [0, 0.1) is 0 Å². The quantitative estimate of drug-likeness (QED) is 0.313. The number of anilines is 2. The number of amides is 3.